The van der Waals surface area contributed by atoms with Crippen molar-refractivity contribution in [1.82, 2.24) is 4.90 Å². The molecule has 4 rings (SSSR count). The van der Waals surface area contributed by atoms with Crippen molar-refractivity contribution in [3.63, 3.8) is 0 Å². The molecule has 28 heavy (non-hydrogen) atoms. The Morgan fingerprint density at radius 2 is 2.11 bits per heavy atom. The van der Waals surface area contributed by atoms with E-state index in [0.29, 0.717) is 35.1 Å². The van der Waals surface area contributed by atoms with Gasteiger partial charge < -0.3 is 14.6 Å². The SMILES string of the molecule is COc1ccccc1/C=C1\Oc2c(ccc(O)c2CN2CCC[C@@H](C)C2)C1=O. The van der Waals surface area contributed by atoms with Crippen molar-refractivity contribution < 1.29 is 19.4 Å². The highest BCUT2D eigenvalue weighted by Crippen LogP contribution is 2.41. The standard InChI is InChI=1S/C23H25NO4/c1-15-6-5-11-24(13-15)14-18-19(25)10-9-17-22(26)21(28-23(17)18)12-16-7-3-4-8-20(16)27-2/h3-4,7-10,12,15,25H,5-6,11,13-14H2,1-2H3/b21-12-/t15-/m1/s1. The molecule has 0 spiro atoms. The zero-order valence-corrected chi connectivity index (χ0v) is 16.3. The summed E-state index contributed by atoms with van der Waals surface area (Å²) in [5.41, 5.74) is 1.96. The van der Waals surface area contributed by atoms with E-state index in [0.717, 1.165) is 25.1 Å². The van der Waals surface area contributed by atoms with Crippen molar-refractivity contribution in [2.24, 2.45) is 5.92 Å². The second-order valence-corrected chi connectivity index (χ2v) is 7.60. The number of methoxy groups -OCH3 is 1. The molecule has 2 aromatic carbocycles. The number of hydrogen-bond acceptors (Lipinski definition) is 5. The third-order valence-electron chi connectivity index (χ3n) is 5.46. The summed E-state index contributed by atoms with van der Waals surface area (Å²) in [6.07, 6.45) is 4.08. The van der Waals surface area contributed by atoms with Crippen LogP contribution in [0.2, 0.25) is 0 Å². The topological polar surface area (TPSA) is 59.0 Å². The minimum absolute atomic E-state index is 0.170. The van der Waals surface area contributed by atoms with Gasteiger partial charge in [0.15, 0.2) is 5.76 Å². The smallest absolute Gasteiger partial charge is 0.231 e. The maximum Gasteiger partial charge on any atom is 0.231 e. The summed E-state index contributed by atoms with van der Waals surface area (Å²) in [5, 5.41) is 10.5. The molecule has 0 amide bonds. The lowest BCUT2D eigenvalue weighted by Gasteiger charge is -2.31. The van der Waals surface area contributed by atoms with Gasteiger partial charge in [-0.15, -0.1) is 0 Å². The van der Waals surface area contributed by atoms with Crippen LogP contribution in [0.25, 0.3) is 6.08 Å². The maximum absolute atomic E-state index is 12.9. The van der Waals surface area contributed by atoms with E-state index in [1.165, 1.54) is 6.42 Å². The second kappa shape index (κ2) is 7.68. The summed E-state index contributed by atoms with van der Waals surface area (Å²) >= 11 is 0. The fourth-order valence-corrected chi connectivity index (χ4v) is 4.03. The van der Waals surface area contributed by atoms with E-state index in [2.05, 4.69) is 11.8 Å². The molecule has 1 fully saturated rings. The molecule has 0 bridgehead atoms. The fraction of sp³-hybridized carbons (Fsp3) is 0.348. The number of benzene rings is 2. The molecule has 0 saturated carbocycles. The van der Waals surface area contributed by atoms with Crippen LogP contribution in [-0.2, 0) is 6.54 Å². The number of nitrogens with zero attached hydrogens (tertiary/aromatic N) is 1. The maximum atomic E-state index is 12.9. The first kappa shape index (κ1) is 18.6. The number of piperidine rings is 1. The van der Waals surface area contributed by atoms with Crippen LogP contribution in [0.3, 0.4) is 0 Å². The molecule has 1 atom stereocenters. The molecule has 2 aromatic rings. The van der Waals surface area contributed by atoms with Gasteiger partial charge in [0, 0.05) is 18.7 Å². The van der Waals surface area contributed by atoms with Gasteiger partial charge in [-0.2, -0.15) is 0 Å². The molecule has 0 radical (unpaired) electrons. The predicted molar refractivity (Wildman–Crippen MR) is 108 cm³/mol. The Bertz CT molecular complexity index is 934. The average Bonchev–Trinajstić information content (AvgIpc) is 3.00. The highest BCUT2D eigenvalue weighted by molar-refractivity contribution is 6.15. The van der Waals surface area contributed by atoms with E-state index in [1.54, 1.807) is 25.3 Å². The van der Waals surface area contributed by atoms with E-state index in [1.807, 2.05) is 24.3 Å². The largest absolute Gasteiger partial charge is 0.507 e. The lowest BCUT2D eigenvalue weighted by Crippen LogP contribution is -2.33. The molecule has 5 nitrogen and oxygen atoms in total. The summed E-state index contributed by atoms with van der Waals surface area (Å²) in [7, 11) is 1.60. The number of fused-ring (bicyclic) bond motifs is 1. The third kappa shape index (κ3) is 3.50. The van der Waals surface area contributed by atoms with E-state index >= 15 is 0 Å². The minimum atomic E-state index is -0.172. The molecule has 2 heterocycles. The number of allylic oxidation sites excluding steroid dienone is 1. The first-order valence-corrected chi connectivity index (χ1v) is 9.71. The number of phenols is 1. The number of Topliss-reactive ketones (excluding diaryl/α,β-unsaturated/α-hetero) is 1. The van der Waals surface area contributed by atoms with Gasteiger partial charge >= 0.3 is 0 Å². The van der Waals surface area contributed by atoms with Crippen molar-refractivity contribution in [3.05, 3.63) is 58.8 Å². The number of carbonyl (C=O) groups is 1. The van der Waals surface area contributed by atoms with Crippen molar-refractivity contribution in [2.75, 3.05) is 20.2 Å². The molecule has 1 saturated heterocycles. The van der Waals surface area contributed by atoms with Gasteiger partial charge in [0.25, 0.3) is 0 Å². The van der Waals surface area contributed by atoms with Crippen molar-refractivity contribution in [1.29, 1.82) is 0 Å². The number of aromatic hydroxyl groups is 1. The quantitative estimate of drug-likeness (QED) is 0.805. The Morgan fingerprint density at radius 1 is 1.29 bits per heavy atom. The number of rotatable bonds is 4. The summed E-state index contributed by atoms with van der Waals surface area (Å²) in [5.74, 6) is 2.03. The Hall–Kier alpha value is -2.79. The van der Waals surface area contributed by atoms with Gasteiger partial charge in [-0.25, -0.2) is 0 Å². The first-order valence-electron chi connectivity index (χ1n) is 9.71. The van der Waals surface area contributed by atoms with E-state index in [-0.39, 0.29) is 17.3 Å². The van der Waals surface area contributed by atoms with Crippen LogP contribution in [-0.4, -0.2) is 36.0 Å². The van der Waals surface area contributed by atoms with Crippen LogP contribution in [0, 0.1) is 5.92 Å². The van der Waals surface area contributed by atoms with Crippen LogP contribution in [0.15, 0.2) is 42.2 Å². The van der Waals surface area contributed by atoms with Crippen LogP contribution < -0.4 is 9.47 Å². The van der Waals surface area contributed by atoms with E-state index in [9.17, 15) is 9.90 Å². The van der Waals surface area contributed by atoms with Crippen LogP contribution >= 0.6 is 0 Å². The molecular formula is C23H25NO4. The van der Waals surface area contributed by atoms with Crippen molar-refractivity contribution >= 4 is 11.9 Å². The van der Waals surface area contributed by atoms with Gasteiger partial charge in [-0.3, -0.25) is 9.69 Å². The molecule has 0 aliphatic carbocycles. The normalized spacial score (nSPS) is 20.9. The zero-order valence-electron chi connectivity index (χ0n) is 16.3. The van der Waals surface area contributed by atoms with Gasteiger partial charge in [0.1, 0.15) is 17.2 Å². The lowest BCUT2D eigenvalue weighted by molar-refractivity contribution is 0.101. The molecular weight excluding hydrogens is 354 g/mol. The number of likely N-dealkylation sites (tertiary alicyclic amines) is 1. The fourth-order valence-electron chi connectivity index (χ4n) is 4.03. The first-order chi connectivity index (χ1) is 13.6. The summed E-state index contributed by atoms with van der Waals surface area (Å²) < 4.78 is 11.3. The Balaban J connectivity index is 1.66. The minimum Gasteiger partial charge on any atom is -0.507 e. The summed E-state index contributed by atoms with van der Waals surface area (Å²) in [6.45, 7) is 4.80. The summed E-state index contributed by atoms with van der Waals surface area (Å²) in [4.78, 5) is 15.2. The Kier molecular flexibility index (Phi) is 5.09. The number of carbonyl (C=O) groups excluding carboxylic acids is 1. The number of ketones is 1. The number of phenolic OH excluding ortho intramolecular Hbond substituents is 1. The van der Waals surface area contributed by atoms with Crippen LogP contribution in [0.4, 0.5) is 0 Å². The second-order valence-electron chi connectivity index (χ2n) is 7.60. The van der Waals surface area contributed by atoms with Gasteiger partial charge in [-0.05, 0) is 49.6 Å². The third-order valence-corrected chi connectivity index (χ3v) is 5.46. The monoisotopic (exact) mass is 379 g/mol. The highest BCUT2D eigenvalue weighted by atomic mass is 16.5. The van der Waals surface area contributed by atoms with Gasteiger partial charge in [0.05, 0.1) is 18.2 Å². The Labute approximate surface area is 165 Å². The molecule has 5 heteroatoms. The number of hydrogen-bond donors (Lipinski definition) is 1. The molecule has 1 N–H and O–H groups in total. The molecule has 2 aliphatic heterocycles. The molecule has 0 unspecified atom stereocenters. The predicted octanol–water partition coefficient (Wildman–Crippen LogP) is 4.25. The van der Waals surface area contributed by atoms with Crippen molar-refractivity contribution in [3.8, 4) is 17.2 Å². The van der Waals surface area contributed by atoms with Gasteiger partial charge in [-0.1, -0.05) is 25.1 Å². The van der Waals surface area contributed by atoms with Gasteiger partial charge in [0.2, 0.25) is 5.78 Å². The summed E-state index contributed by atoms with van der Waals surface area (Å²) in [6, 6.07) is 10.7. The zero-order chi connectivity index (χ0) is 19.7. The van der Waals surface area contributed by atoms with E-state index in [4.69, 9.17) is 9.47 Å². The highest BCUT2D eigenvalue weighted by Gasteiger charge is 2.32. The average molecular weight is 379 g/mol. The van der Waals surface area contributed by atoms with Crippen LogP contribution in [0.5, 0.6) is 17.2 Å². The number of ether oxygens (including phenoxy) is 2. The van der Waals surface area contributed by atoms with Crippen molar-refractivity contribution in [2.45, 2.75) is 26.3 Å². The molecule has 2 aliphatic rings. The van der Waals surface area contributed by atoms with E-state index < -0.39 is 0 Å². The number of para-hydroxylation sites is 1. The molecule has 146 valence electrons. The molecule has 0 aromatic heterocycles. The lowest BCUT2D eigenvalue weighted by atomic mass is 9.99. The van der Waals surface area contributed by atoms with Crippen LogP contribution in [0.1, 0.15) is 41.3 Å². The Morgan fingerprint density at radius 3 is 2.89 bits per heavy atom.